The molecule has 0 saturated carbocycles. The van der Waals surface area contributed by atoms with Gasteiger partial charge in [0.05, 0.1) is 0 Å². The Morgan fingerprint density at radius 3 is 2.68 bits per heavy atom. The maximum absolute atomic E-state index is 11.8. The van der Waals surface area contributed by atoms with Crippen LogP contribution in [-0.4, -0.2) is 35.3 Å². The summed E-state index contributed by atoms with van der Waals surface area (Å²) >= 11 is 0. The first kappa shape index (κ1) is 15.8. The van der Waals surface area contributed by atoms with Crippen molar-refractivity contribution in [3.05, 3.63) is 47.8 Å². The number of fused-ring (bicyclic) bond motifs is 1. The normalized spacial score (nSPS) is 17.2. The first-order chi connectivity index (χ1) is 12.1. The number of carbonyl (C=O) groups is 2. The van der Waals surface area contributed by atoms with Gasteiger partial charge >= 0.3 is 0 Å². The van der Waals surface area contributed by atoms with E-state index in [9.17, 15) is 9.59 Å². The second-order valence-corrected chi connectivity index (χ2v) is 6.80. The third-order valence-electron chi connectivity index (χ3n) is 5.10. The molecular formula is C20H21N3O2. The van der Waals surface area contributed by atoms with Crippen molar-refractivity contribution < 1.29 is 9.59 Å². The van der Waals surface area contributed by atoms with Gasteiger partial charge in [-0.25, -0.2) is 0 Å². The summed E-state index contributed by atoms with van der Waals surface area (Å²) in [7, 11) is 1.83. The van der Waals surface area contributed by atoms with Gasteiger partial charge < -0.3 is 9.80 Å². The molecule has 0 spiro atoms. The lowest BCUT2D eigenvalue weighted by Crippen LogP contribution is -2.30. The molecule has 5 nitrogen and oxygen atoms in total. The Balaban J connectivity index is 1.61. The number of rotatable bonds is 3. The zero-order chi connectivity index (χ0) is 17.4. The Morgan fingerprint density at radius 2 is 1.88 bits per heavy atom. The minimum Gasteiger partial charge on any atom is -0.338 e. The van der Waals surface area contributed by atoms with Gasteiger partial charge in [-0.05, 0) is 47.7 Å². The Kier molecular flexibility index (Phi) is 3.99. The van der Waals surface area contributed by atoms with Crippen LogP contribution in [0.4, 0.5) is 5.69 Å². The Morgan fingerprint density at radius 1 is 1.00 bits per heavy atom. The van der Waals surface area contributed by atoms with Crippen LogP contribution in [0.25, 0.3) is 11.1 Å². The molecule has 128 valence electrons. The number of benzene rings is 1. The SMILES string of the molecule is CN1C(=O)CCc2cc(-c3cncc(CN4CCCC4=O)c3)ccc21. The highest BCUT2D eigenvalue weighted by atomic mass is 16.2. The monoisotopic (exact) mass is 335 g/mol. The van der Waals surface area contributed by atoms with Crippen LogP contribution in [0.15, 0.2) is 36.7 Å². The molecule has 0 unspecified atom stereocenters. The van der Waals surface area contributed by atoms with Crippen LogP contribution >= 0.6 is 0 Å². The van der Waals surface area contributed by atoms with Crippen molar-refractivity contribution >= 4 is 17.5 Å². The van der Waals surface area contributed by atoms with Crippen LogP contribution in [0.2, 0.25) is 0 Å². The molecule has 2 amide bonds. The van der Waals surface area contributed by atoms with E-state index in [2.05, 4.69) is 17.1 Å². The average molecular weight is 335 g/mol. The topological polar surface area (TPSA) is 53.5 Å². The molecule has 0 radical (unpaired) electrons. The van der Waals surface area contributed by atoms with Crippen LogP contribution < -0.4 is 4.90 Å². The highest BCUT2D eigenvalue weighted by Gasteiger charge is 2.22. The molecule has 4 rings (SSSR count). The highest BCUT2D eigenvalue weighted by Crippen LogP contribution is 2.31. The number of amides is 2. The Labute approximate surface area is 147 Å². The van der Waals surface area contributed by atoms with E-state index < -0.39 is 0 Å². The van der Waals surface area contributed by atoms with Crippen molar-refractivity contribution in [2.75, 3.05) is 18.5 Å². The van der Waals surface area contributed by atoms with Gasteiger partial charge in [0.1, 0.15) is 0 Å². The van der Waals surface area contributed by atoms with Crippen molar-refractivity contribution in [2.24, 2.45) is 0 Å². The van der Waals surface area contributed by atoms with Crippen LogP contribution in [0.1, 0.15) is 30.4 Å². The summed E-state index contributed by atoms with van der Waals surface area (Å²) in [5.74, 6) is 0.395. The number of aryl methyl sites for hydroxylation is 1. The summed E-state index contributed by atoms with van der Waals surface area (Å²) in [6.45, 7) is 1.46. The minimum absolute atomic E-state index is 0.166. The quantitative estimate of drug-likeness (QED) is 0.867. The molecule has 1 saturated heterocycles. The van der Waals surface area contributed by atoms with E-state index in [-0.39, 0.29) is 11.8 Å². The number of likely N-dealkylation sites (tertiary alicyclic amines) is 1. The number of carbonyl (C=O) groups excluding carboxylic acids is 2. The van der Waals surface area contributed by atoms with Gasteiger partial charge in [-0.15, -0.1) is 0 Å². The van der Waals surface area contributed by atoms with E-state index in [0.29, 0.717) is 19.4 Å². The predicted octanol–water partition coefficient (Wildman–Crippen LogP) is 2.78. The second kappa shape index (κ2) is 6.31. The number of hydrogen-bond donors (Lipinski definition) is 0. The van der Waals surface area contributed by atoms with Gasteiger partial charge in [0.2, 0.25) is 11.8 Å². The molecule has 2 aliphatic heterocycles. The van der Waals surface area contributed by atoms with Crippen molar-refractivity contribution in [3.63, 3.8) is 0 Å². The molecule has 0 aliphatic carbocycles. The maximum Gasteiger partial charge on any atom is 0.227 e. The molecule has 1 fully saturated rings. The fourth-order valence-electron chi connectivity index (χ4n) is 3.66. The lowest BCUT2D eigenvalue weighted by Gasteiger charge is -2.26. The number of hydrogen-bond acceptors (Lipinski definition) is 3. The molecule has 1 aromatic heterocycles. The summed E-state index contributed by atoms with van der Waals surface area (Å²) in [5, 5.41) is 0. The summed E-state index contributed by atoms with van der Waals surface area (Å²) in [4.78, 5) is 31.7. The zero-order valence-electron chi connectivity index (χ0n) is 14.4. The summed E-state index contributed by atoms with van der Waals surface area (Å²) < 4.78 is 0. The van der Waals surface area contributed by atoms with Gasteiger partial charge in [-0.2, -0.15) is 0 Å². The third-order valence-corrected chi connectivity index (χ3v) is 5.10. The Bertz CT molecular complexity index is 847. The first-order valence-electron chi connectivity index (χ1n) is 8.73. The Hall–Kier alpha value is -2.69. The first-order valence-corrected chi connectivity index (χ1v) is 8.73. The van der Waals surface area contributed by atoms with Gasteiger partial charge in [-0.3, -0.25) is 14.6 Å². The largest absolute Gasteiger partial charge is 0.338 e. The molecule has 3 heterocycles. The molecule has 25 heavy (non-hydrogen) atoms. The van der Waals surface area contributed by atoms with Crippen molar-refractivity contribution in [1.29, 1.82) is 0 Å². The fourth-order valence-corrected chi connectivity index (χ4v) is 3.66. The molecule has 1 aromatic carbocycles. The van der Waals surface area contributed by atoms with Crippen LogP contribution in [0, 0.1) is 0 Å². The van der Waals surface area contributed by atoms with E-state index in [1.807, 2.05) is 36.5 Å². The molecule has 0 N–H and O–H groups in total. The fraction of sp³-hybridized carbons (Fsp3) is 0.350. The summed E-state index contributed by atoms with van der Waals surface area (Å²) in [6, 6.07) is 8.31. The molecule has 0 atom stereocenters. The smallest absolute Gasteiger partial charge is 0.227 e. The average Bonchev–Trinajstić information content (AvgIpc) is 3.03. The van der Waals surface area contributed by atoms with Crippen LogP contribution in [0.5, 0.6) is 0 Å². The highest BCUT2D eigenvalue weighted by molar-refractivity contribution is 5.96. The van der Waals surface area contributed by atoms with Crippen LogP contribution in [-0.2, 0) is 22.6 Å². The lowest BCUT2D eigenvalue weighted by atomic mass is 9.96. The molecular weight excluding hydrogens is 314 g/mol. The van der Waals surface area contributed by atoms with E-state index in [4.69, 9.17) is 0 Å². The predicted molar refractivity (Wildman–Crippen MR) is 96.1 cm³/mol. The summed E-state index contributed by atoms with van der Waals surface area (Å²) in [5.41, 5.74) is 5.39. The van der Waals surface area contributed by atoms with Crippen molar-refractivity contribution in [3.8, 4) is 11.1 Å². The maximum atomic E-state index is 11.8. The lowest BCUT2D eigenvalue weighted by molar-refractivity contribution is -0.128. The van der Waals surface area contributed by atoms with E-state index in [0.717, 1.165) is 41.8 Å². The van der Waals surface area contributed by atoms with Gasteiger partial charge in [0.25, 0.3) is 0 Å². The molecule has 2 aliphatic rings. The minimum atomic E-state index is 0.166. The second-order valence-electron chi connectivity index (χ2n) is 6.80. The van der Waals surface area contributed by atoms with E-state index in [1.54, 1.807) is 4.90 Å². The zero-order valence-corrected chi connectivity index (χ0v) is 14.4. The van der Waals surface area contributed by atoms with Crippen molar-refractivity contribution in [2.45, 2.75) is 32.2 Å². The number of nitrogens with zero attached hydrogens (tertiary/aromatic N) is 3. The van der Waals surface area contributed by atoms with Crippen molar-refractivity contribution in [1.82, 2.24) is 9.88 Å². The summed E-state index contributed by atoms with van der Waals surface area (Å²) in [6.07, 6.45) is 6.63. The van der Waals surface area contributed by atoms with E-state index in [1.165, 1.54) is 5.56 Å². The molecule has 2 aromatic rings. The number of anilines is 1. The third kappa shape index (κ3) is 3.02. The van der Waals surface area contributed by atoms with Gasteiger partial charge in [0, 0.05) is 56.6 Å². The molecule has 5 heteroatoms. The van der Waals surface area contributed by atoms with Gasteiger partial charge in [-0.1, -0.05) is 6.07 Å². The number of pyridine rings is 1. The van der Waals surface area contributed by atoms with Gasteiger partial charge in [0.15, 0.2) is 0 Å². The standard InChI is InChI=1S/C20H21N3O2/c1-22-18-6-4-15(10-16(18)5-7-19(22)24)17-9-14(11-21-12-17)13-23-8-2-3-20(23)25/h4,6,9-12H,2-3,5,7-8,13H2,1H3. The molecule has 0 bridgehead atoms. The number of aromatic nitrogens is 1. The van der Waals surface area contributed by atoms with Crippen LogP contribution in [0.3, 0.4) is 0 Å². The van der Waals surface area contributed by atoms with E-state index >= 15 is 0 Å².